The Bertz CT molecular complexity index is 446. The number of nitrogen functional groups attached to an aromatic ring is 1. The van der Waals surface area contributed by atoms with Crippen LogP contribution in [-0.2, 0) is 9.53 Å². The molecule has 0 saturated heterocycles. The maximum absolute atomic E-state index is 11.2. The van der Waals surface area contributed by atoms with Crippen molar-refractivity contribution in [2.75, 3.05) is 26.0 Å². The maximum Gasteiger partial charge on any atom is 0.337 e. The Morgan fingerprint density at radius 1 is 1.39 bits per heavy atom. The number of carbonyl (C=O) groups is 2. The molecule has 6 heteroatoms. The minimum Gasteiger partial charge on any atom is -0.482 e. The van der Waals surface area contributed by atoms with E-state index in [2.05, 4.69) is 10.1 Å². The van der Waals surface area contributed by atoms with Crippen molar-refractivity contribution < 1.29 is 19.1 Å². The van der Waals surface area contributed by atoms with Crippen molar-refractivity contribution in [1.82, 2.24) is 5.32 Å². The summed E-state index contributed by atoms with van der Waals surface area (Å²) in [4.78, 5) is 22.4. The average molecular weight is 252 g/mol. The molecule has 0 fully saturated rings. The molecule has 1 aromatic carbocycles. The summed E-state index contributed by atoms with van der Waals surface area (Å²) < 4.78 is 9.79. The molecule has 0 aliphatic carbocycles. The Kier molecular flexibility index (Phi) is 4.98. The topological polar surface area (TPSA) is 90.6 Å². The van der Waals surface area contributed by atoms with Gasteiger partial charge in [-0.05, 0) is 25.1 Å². The Morgan fingerprint density at radius 2 is 2.11 bits per heavy atom. The van der Waals surface area contributed by atoms with E-state index < -0.39 is 5.97 Å². The summed E-state index contributed by atoms with van der Waals surface area (Å²) in [6.45, 7) is 2.24. The quantitative estimate of drug-likeness (QED) is 0.590. The lowest BCUT2D eigenvalue weighted by Crippen LogP contribution is -2.28. The smallest absolute Gasteiger partial charge is 0.337 e. The van der Waals surface area contributed by atoms with E-state index in [-0.39, 0.29) is 18.2 Å². The number of methoxy groups -OCH3 is 1. The van der Waals surface area contributed by atoms with E-state index in [1.807, 2.05) is 6.92 Å². The number of benzene rings is 1. The van der Waals surface area contributed by atoms with E-state index in [0.29, 0.717) is 17.9 Å². The molecule has 0 radical (unpaired) electrons. The Morgan fingerprint density at radius 3 is 2.67 bits per heavy atom. The van der Waals surface area contributed by atoms with Crippen molar-refractivity contribution in [2.45, 2.75) is 6.92 Å². The lowest BCUT2D eigenvalue weighted by molar-refractivity contribution is -0.122. The summed E-state index contributed by atoms with van der Waals surface area (Å²) in [7, 11) is 1.29. The molecule has 1 rings (SSSR count). The highest BCUT2D eigenvalue weighted by atomic mass is 16.5. The van der Waals surface area contributed by atoms with Crippen LogP contribution in [0.5, 0.6) is 5.75 Å². The lowest BCUT2D eigenvalue weighted by atomic mass is 10.2. The summed E-state index contributed by atoms with van der Waals surface area (Å²) in [5.41, 5.74) is 6.32. The van der Waals surface area contributed by atoms with E-state index in [1.165, 1.54) is 25.3 Å². The van der Waals surface area contributed by atoms with Gasteiger partial charge in [0.2, 0.25) is 0 Å². The Labute approximate surface area is 105 Å². The normalized spacial score (nSPS) is 9.67. The number of hydrogen-bond acceptors (Lipinski definition) is 5. The van der Waals surface area contributed by atoms with Crippen LogP contribution in [0.3, 0.4) is 0 Å². The second-order valence-electron chi connectivity index (χ2n) is 3.49. The van der Waals surface area contributed by atoms with Crippen molar-refractivity contribution in [3.8, 4) is 5.75 Å². The first-order valence-corrected chi connectivity index (χ1v) is 5.45. The van der Waals surface area contributed by atoms with Crippen molar-refractivity contribution in [1.29, 1.82) is 0 Å². The number of likely N-dealkylation sites (N-methyl/N-ethyl adjacent to an activating group) is 1. The molecule has 0 atom stereocenters. The second-order valence-corrected chi connectivity index (χ2v) is 3.49. The molecule has 0 aliphatic rings. The van der Waals surface area contributed by atoms with Gasteiger partial charge < -0.3 is 20.5 Å². The Hall–Kier alpha value is -2.24. The van der Waals surface area contributed by atoms with E-state index in [0.717, 1.165) is 0 Å². The van der Waals surface area contributed by atoms with Gasteiger partial charge >= 0.3 is 5.97 Å². The SMILES string of the molecule is CCNC(=O)COc1ccc(C(=O)OC)cc1N. The zero-order chi connectivity index (χ0) is 13.5. The number of nitrogens with one attached hydrogen (secondary N) is 1. The van der Waals surface area contributed by atoms with E-state index in [1.54, 1.807) is 0 Å². The molecule has 0 aromatic heterocycles. The summed E-state index contributed by atoms with van der Waals surface area (Å²) in [5, 5.41) is 2.60. The van der Waals surface area contributed by atoms with Gasteiger partial charge in [0, 0.05) is 6.54 Å². The van der Waals surface area contributed by atoms with E-state index >= 15 is 0 Å². The third-order valence-corrected chi connectivity index (χ3v) is 2.16. The highest BCUT2D eigenvalue weighted by Crippen LogP contribution is 2.22. The number of nitrogens with two attached hydrogens (primary N) is 1. The van der Waals surface area contributed by atoms with Gasteiger partial charge in [0.25, 0.3) is 5.91 Å². The molecule has 1 aromatic rings. The van der Waals surface area contributed by atoms with Crippen LogP contribution < -0.4 is 15.8 Å². The minimum absolute atomic E-state index is 0.115. The predicted molar refractivity (Wildman–Crippen MR) is 66.4 cm³/mol. The molecule has 98 valence electrons. The molecule has 0 bridgehead atoms. The summed E-state index contributed by atoms with van der Waals surface area (Å²) in [5.74, 6) is -0.347. The standard InChI is InChI=1S/C12H16N2O4/c1-3-14-11(15)7-18-10-5-4-8(6-9(10)13)12(16)17-2/h4-6H,3,7,13H2,1-2H3,(H,14,15). The average Bonchev–Trinajstić information content (AvgIpc) is 2.36. The van der Waals surface area contributed by atoms with E-state index in [4.69, 9.17) is 10.5 Å². The third kappa shape index (κ3) is 3.65. The molecule has 0 aliphatic heterocycles. The van der Waals surface area contributed by atoms with Crippen LogP contribution >= 0.6 is 0 Å². The lowest BCUT2D eigenvalue weighted by Gasteiger charge is -2.09. The fourth-order valence-corrected chi connectivity index (χ4v) is 1.32. The van der Waals surface area contributed by atoms with Gasteiger partial charge in [0.1, 0.15) is 5.75 Å². The second kappa shape index (κ2) is 6.48. The molecule has 0 unspecified atom stereocenters. The fourth-order valence-electron chi connectivity index (χ4n) is 1.32. The van der Waals surface area contributed by atoms with Crippen LogP contribution in [0.2, 0.25) is 0 Å². The molecule has 18 heavy (non-hydrogen) atoms. The van der Waals surface area contributed by atoms with Crippen LogP contribution in [0.4, 0.5) is 5.69 Å². The zero-order valence-electron chi connectivity index (χ0n) is 10.4. The fraction of sp³-hybridized carbons (Fsp3) is 0.333. The van der Waals surface area contributed by atoms with Crippen LogP contribution in [0.1, 0.15) is 17.3 Å². The molecule has 0 saturated carbocycles. The van der Waals surface area contributed by atoms with Gasteiger partial charge in [0.05, 0.1) is 18.4 Å². The maximum atomic E-state index is 11.2. The number of hydrogen-bond donors (Lipinski definition) is 2. The Balaban J connectivity index is 2.68. The predicted octanol–water partition coefficient (Wildman–Crippen LogP) is 0.570. The summed E-state index contributed by atoms with van der Waals surface area (Å²) >= 11 is 0. The van der Waals surface area contributed by atoms with Gasteiger partial charge in [0.15, 0.2) is 6.61 Å². The summed E-state index contributed by atoms with van der Waals surface area (Å²) in [6.07, 6.45) is 0. The van der Waals surface area contributed by atoms with Crippen molar-refractivity contribution in [3.63, 3.8) is 0 Å². The number of anilines is 1. The number of rotatable bonds is 5. The van der Waals surface area contributed by atoms with Gasteiger partial charge in [-0.2, -0.15) is 0 Å². The third-order valence-electron chi connectivity index (χ3n) is 2.16. The van der Waals surface area contributed by atoms with Gasteiger partial charge in [-0.1, -0.05) is 0 Å². The zero-order valence-corrected chi connectivity index (χ0v) is 10.4. The molecule has 0 spiro atoms. The summed E-state index contributed by atoms with van der Waals surface area (Å²) in [6, 6.07) is 4.49. The largest absolute Gasteiger partial charge is 0.482 e. The highest BCUT2D eigenvalue weighted by molar-refractivity contribution is 5.91. The molecular weight excluding hydrogens is 236 g/mol. The van der Waals surface area contributed by atoms with E-state index in [9.17, 15) is 9.59 Å². The molecule has 0 heterocycles. The van der Waals surface area contributed by atoms with Gasteiger partial charge in [-0.3, -0.25) is 4.79 Å². The minimum atomic E-state index is -0.475. The number of carbonyl (C=O) groups excluding carboxylic acids is 2. The van der Waals surface area contributed by atoms with Gasteiger partial charge in [-0.15, -0.1) is 0 Å². The van der Waals surface area contributed by atoms with Crippen LogP contribution in [0, 0.1) is 0 Å². The van der Waals surface area contributed by atoms with Crippen molar-refractivity contribution in [2.24, 2.45) is 0 Å². The first-order chi connectivity index (χ1) is 8.58. The first kappa shape index (κ1) is 13.8. The van der Waals surface area contributed by atoms with Crippen LogP contribution in [0.25, 0.3) is 0 Å². The van der Waals surface area contributed by atoms with Crippen LogP contribution in [-0.4, -0.2) is 32.1 Å². The molecule has 1 amide bonds. The first-order valence-electron chi connectivity index (χ1n) is 5.45. The monoisotopic (exact) mass is 252 g/mol. The number of ether oxygens (including phenoxy) is 2. The molecule has 3 N–H and O–H groups in total. The van der Waals surface area contributed by atoms with Gasteiger partial charge in [-0.25, -0.2) is 4.79 Å². The molecule has 6 nitrogen and oxygen atoms in total. The number of amides is 1. The van der Waals surface area contributed by atoms with Crippen LogP contribution in [0.15, 0.2) is 18.2 Å². The number of esters is 1. The van der Waals surface area contributed by atoms with Crippen molar-refractivity contribution in [3.05, 3.63) is 23.8 Å². The molecular formula is C12H16N2O4. The highest BCUT2D eigenvalue weighted by Gasteiger charge is 2.09. The van der Waals surface area contributed by atoms with Crippen molar-refractivity contribution >= 4 is 17.6 Å².